The molecule has 166 valence electrons. The Bertz CT molecular complexity index is 1320. The Kier molecular flexibility index (Phi) is 5.99. The third-order valence-electron chi connectivity index (χ3n) is 6.06. The molecule has 0 radical (unpaired) electrons. The van der Waals surface area contributed by atoms with E-state index in [4.69, 9.17) is 23.8 Å². The van der Waals surface area contributed by atoms with E-state index in [9.17, 15) is 0 Å². The van der Waals surface area contributed by atoms with Crippen LogP contribution in [0.1, 0.15) is 34.7 Å². The molecule has 1 saturated heterocycles. The minimum Gasteiger partial charge on any atom is -0.351 e. The van der Waals surface area contributed by atoms with E-state index in [1.54, 1.807) is 0 Å². The van der Waals surface area contributed by atoms with E-state index in [1.807, 2.05) is 54.7 Å². The Morgan fingerprint density at radius 3 is 2.45 bits per heavy atom. The van der Waals surface area contributed by atoms with E-state index in [-0.39, 0.29) is 12.1 Å². The Morgan fingerprint density at radius 1 is 0.970 bits per heavy atom. The molecule has 1 fully saturated rings. The second kappa shape index (κ2) is 8.93. The maximum absolute atomic E-state index is 6.18. The van der Waals surface area contributed by atoms with Gasteiger partial charge in [-0.3, -0.25) is 4.98 Å². The summed E-state index contributed by atoms with van der Waals surface area (Å²) in [6, 6.07) is 24.3. The lowest BCUT2D eigenvalue weighted by Gasteiger charge is -2.28. The first-order chi connectivity index (χ1) is 15.9. The van der Waals surface area contributed by atoms with Gasteiger partial charge in [-0.25, -0.2) is 0 Å². The summed E-state index contributed by atoms with van der Waals surface area (Å²) < 4.78 is 3.34. The number of hydrogen-bond donors (Lipinski definition) is 1. The second-order valence-corrected chi connectivity index (χ2v) is 9.85. The fourth-order valence-electron chi connectivity index (χ4n) is 4.65. The number of nitrogens with zero attached hydrogens (tertiary/aromatic N) is 3. The smallest absolute Gasteiger partial charge is 0.174 e. The Balaban J connectivity index is 1.68. The first-order valence-electron chi connectivity index (χ1n) is 10.6. The number of nitrogens with one attached hydrogen (secondary N) is 1. The number of benzene rings is 2. The van der Waals surface area contributed by atoms with Crippen molar-refractivity contribution in [3.05, 3.63) is 111 Å². The number of aryl methyl sites for hydroxylation is 1. The van der Waals surface area contributed by atoms with E-state index >= 15 is 0 Å². The molecule has 4 nitrogen and oxygen atoms in total. The van der Waals surface area contributed by atoms with Gasteiger partial charge in [0.1, 0.15) is 0 Å². The van der Waals surface area contributed by atoms with Crippen molar-refractivity contribution in [1.82, 2.24) is 14.9 Å². The molecule has 2 aromatic carbocycles. The summed E-state index contributed by atoms with van der Waals surface area (Å²) in [6.07, 6.45) is 1.83. The zero-order valence-corrected chi connectivity index (χ0v) is 21.3. The van der Waals surface area contributed by atoms with E-state index in [0.717, 1.165) is 27.2 Å². The summed E-state index contributed by atoms with van der Waals surface area (Å²) in [6.45, 7) is 4.31. The summed E-state index contributed by atoms with van der Waals surface area (Å²) >= 11 is 15.6. The predicted molar refractivity (Wildman–Crippen MR) is 142 cm³/mol. The van der Waals surface area contributed by atoms with Gasteiger partial charge in [0, 0.05) is 38.5 Å². The third kappa shape index (κ3) is 4.07. The van der Waals surface area contributed by atoms with Gasteiger partial charge in [0.2, 0.25) is 0 Å². The highest BCUT2D eigenvalue weighted by molar-refractivity contribution is 9.10. The molecule has 4 aromatic rings. The molecule has 5 rings (SSSR count). The van der Waals surface area contributed by atoms with Crippen molar-refractivity contribution in [2.75, 3.05) is 4.90 Å². The largest absolute Gasteiger partial charge is 0.351 e. The van der Waals surface area contributed by atoms with Gasteiger partial charge in [0.15, 0.2) is 5.11 Å². The van der Waals surface area contributed by atoms with Crippen LogP contribution < -0.4 is 10.2 Å². The van der Waals surface area contributed by atoms with Crippen LogP contribution in [0, 0.1) is 13.8 Å². The molecule has 7 heteroatoms. The van der Waals surface area contributed by atoms with Gasteiger partial charge in [0.25, 0.3) is 0 Å². The zero-order chi connectivity index (χ0) is 23.1. The van der Waals surface area contributed by atoms with Gasteiger partial charge in [-0.1, -0.05) is 39.7 Å². The third-order valence-corrected chi connectivity index (χ3v) is 7.12. The van der Waals surface area contributed by atoms with Crippen LogP contribution in [-0.2, 0) is 0 Å². The van der Waals surface area contributed by atoms with Crippen molar-refractivity contribution >= 4 is 50.5 Å². The summed E-state index contributed by atoms with van der Waals surface area (Å²) in [5.74, 6) is 0. The van der Waals surface area contributed by atoms with Crippen LogP contribution >= 0.6 is 39.7 Å². The fraction of sp³-hybridized carbons (Fsp3) is 0.154. The van der Waals surface area contributed by atoms with Crippen LogP contribution in [0.3, 0.4) is 0 Å². The molecule has 1 N–H and O–H groups in total. The molecule has 0 unspecified atom stereocenters. The average molecular weight is 538 g/mol. The zero-order valence-electron chi connectivity index (χ0n) is 18.2. The van der Waals surface area contributed by atoms with Crippen LogP contribution in [0.2, 0.25) is 5.02 Å². The van der Waals surface area contributed by atoms with Crippen molar-refractivity contribution in [2.45, 2.75) is 25.9 Å². The van der Waals surface area contributed by atoms with E-state index in [0.29, 0.717) is 10.1 Å². The SMILES string of the molecule is Cc1cc([C@@H]2[C@@H](c3ccccn3)NC(=S)N2c2ccc(Cl)cc2)c(C)n1-c1cccc(Br)c1. The van der Waals surface area contributed by atoms with Gasteiger partial charge >= 0.3 is 0 Å². The van der Waals surface area contributed by atoms with Gasteiger partial charge in [0.05, 0.1) is 17.8 Å². The van der Waals surface area contributed by atoms with Crippen LogP contribution in [0.5, 0.6) is 0 Å². The highest BCUT2D eigenvalue weighted by atomic mass is 79.9. The lowest BCUT2D eigenvalue weighted by Crippen LogP contribution is -2.29. The number of hydrogen-bond acceptors (Lipinski definition) is 2. The van der Waals surface area contributed by atoms with Crippen LogP contribution in [0.15, 0.2) is 83.5 Å². The number of anilines is 1. The Labute approximate surface area is 212 Å². The first kappa shape index (κ1) is 22.1. The Morgan fingerprint density at radius 2 is 1.76 bits per heavy atom. The minimum atomic E-state index is -0.0918. The standard InChI is InChI=1S/C26H22BrClN4S/c1-16-14-22(17(2)31(16)21-7-5-6-18(27)15-21)25-24(23-8-3-4-13-29-23)30-26(33)32(25)20-11-9-19(28)10-12-20/h3-15,24-25H,1-2H3,(H,30,33)/t24-,25-/m1/s1. The average Bonchev–Trinajstić information content (AvgIpc) is 3.30. The fourth-order valence-corrected chi connectivity index (χ4v) is 5.51. The number of rotatable bonds is 4. The van der Waals surface area contributed by atoms with Crippen LogP contribution in [0.25, 0.3) is 5.69 Å². The molecule has 2 atom stereocenters. The Hall–Kier alpha value is -2.67. The molecule has 0 bridgehead atoms. The van der Waals surface area contributed by atoms with Crippen LogP contribution in [-0.4, -0.2) is 14.7 Å². The highest BCUT2D eigenvalue weighted by Crippen LogP contribution is 2.44. The maximum atomic E-state index is 6.18. The first-order valence-corrected chi connectivity index (χ1v) is 12.2. The maximum Gasteiger partial charge on any atom is 0.174 e. The van der Waals surface area contributed by atoms with Crippen molar-refractivity contribution in [3.63, 3.8) is 0 Å². The molecule has 2 aromatic heterocycles. The summed E-state index contributed by atoms with van der Waals surface area (Å²) in [4.78, 5) is 6.84. The van der Waals surface area contributed by atoms with Crippen molar-refractivity contribution in [1.29, 1.82) is 0 Å². The quantitative estimate of drug-likeness (QED) is 0.282. The molecule has 1 aliphatic heterocycles. The van der Waals surface area contributed by atoms with Crippen molar-refractivity contribution in [2.24, 2.45) is 0 Å². The highest BCUT2D eigenvalue weighted by Gasteiger charge is 2.42. The predicted octanol–water partition coefficient (Wildman–Crippen LogP) is 7.08. The number of thiocarbonyl (C=S) groups is 1. The molecule has 0 aliphatic carbocycles. The molecular formula is C26H22BrClN4S. The van der Waals surface area contributed by atoms with Gasteiger partial charge in [-0.05, 0) is 92.3 Å². The number of pyridine rings is 1. The van der Waals surface area contributed by atoms with E-state index in [1.165, 1.54) is 11.3 Å². The molecule has 0 spiro atoms. The second-order valence-electron chi connectivity index (χ2n) is 8.11. The molecular weight excluding hydrogens is 516 g/mol. The van der Waals surface area contributed by atoms with Gasteiger partial charge in [-0.15, -0.1) is 0 Å². The molecule has 1 aliphatic rings. The van der Waals surface area contributed by atoms with E-state index < -0.39 is 0 Å². The lowest BCUT2D eigenvalue weighted by molar-refractivity contribution is 0.565. The molecule has 0 amide bonds. The molecule has 0 saturated carbocycles. The summed E-state index contributed by atoms with van der Waals surface area (Å²) in [5, 5.41) is 4.90. The van der Waals surface area contributed by atoms with Crippen molar-refractivity contribution in [3.8, 4) is 5.69 Å². The topological polar surface area (TPSA) is 33.1 Å². The number of halogens is 2. The summed E-state index contributed by atoms with van der Waals surface area (Å²) in [5.41, 5.74) is 6.59. The van der Waals surface area contributed by atoms with Gasteiger partial charge in [-0.2, -0.15) is 0 Å². The van der Waals surface area contributed by atoms with Crippen molar-refractivity contribution < 1.29 is 0 Å². The molecule has 3 heterocycles. The van der Waals surface area contributed by atoms with Gasteiger partial charge < -0.3 is 14.8 Å². The monoisotopic (exact) mass is 536 g/mol. The number of aromatic nitrogens is 2. The molecule has 33 heavy (non-hydrogen) atoms. The minimum absolute atomic E-state index is 0.0688. The summed E-state index contributed by atoms with van der Waals surface area (Å²) in [7, 11) is 0. The normalized spacial score (nSPS) is 17.9. The van der Waals surface area contributed by atoms with Crippen LogP contribution in [0.4, 0.5) is 5.69 Å². The lowest BCUT2D eigenvalue weighted by atomic mass is 9.96. The van der Waals surface area contributed by atoms with E-state index in [2.05, 4.69) is 73.8 Å².